The van der Waals surface area contributed by atoms with Crippen molar-refractivity contribution >= 4 is 16.3 Å². The topological polar surface area (TPSA) is 83.5 Å². The highest BCUT2D eigenvalue weighted by atomic mass is 32.2. The van der Waals surface area contributed by atoms with Gasteiger partial charge in [0.2, 0.25) is 0 Å². The Morgan fingerprint density at radius 1 is 1.05 bits per heavy atom. The first kappa shape index (κ1) is 18.2. The molecule has 0 aliphatic heterocycles. The Morgan fingerprint density at radius 3 is 2.00 bits per heavy atom. The highest BCUT2D eigenvalue weighted by Crippen LogP contribution is 2.16. The summed E-state index contributed by atoms with van der Waals surface area (Å²) in [7, 11) is -3.89. The number of amides is 1. The number of nitrogens with zero attached hydrogens (tertiary/aromatic N) is 1. The zero-order valence-electron chi connectivity index (χ0n) is 12.2. The molecule has 2 N–H and O–H groups in total. The van der Waals surface area contributed by atoms with Crippen molar-refractivity contribution in [3.05, 3.63) is 0 Å². The van der Waals surface area contributed by atoms with E-state index in [1.54, 1.807) is 18.6 Å². The minimum absolute atomic E-state index is 0.217. The van der Waals surface area contributed by atoms with Crippen molar-refractivity contribution < 1.29 is 22.2 Å². The Balaban J connectivity index is 4.70. The predicted octanol–water partition coefficient (Wildman–Crippen LogP) is 2.33. The molecule has 0 spiro atoms. The van der Waals surface area contributed by atoms with E-state index in [9.17, 15) is 13.2 Å². The van der Waals surface area contributed by atoms with E-state index in [1.807, 2.05) is 0 Å². The van der Waals surface area contributed by atoms with E-state index in [1.165, 1.54) is 0 Å². The number of carbonyl (C=O) groups is 1. The van der Waals surface area contributed by atoms with Gasteiger partial charge >= 0.3 is 16.3 Å². The van der Waals surface area contributed by atoms with Crippen LogP contribution in [0.25, 0.3) is 0 Å². The number of rotatable bonds is 10. The fourth-order valence-electron chi connectivity index (χ4n) is 2.21. The zero-order valence-corrected chi connectivity index (χ0v) is 13.0. The lowest BCUT2D eigenvalue weighted by Crippen LogP contribution is -2.58. The maximum atomic E-state index is 12.1. The molecule has 7 heteroatoms. The minimum atomic E-state index is -3.89. The molecule has 6 nitrogen and oxygen atoms in total. The summed E-state index contributed by atoms with van der Waals surface area (Å²) < 4.78 is 25.7. The summed E-state index contributed by atoms with van der Waals surface area (Å²) in [6.45, 7) is 6.87. The van der Waals surface area contributed by atoms with Crippen LogP contribution in [0.2, 0.25) is 0 Å². The molecule has 0 aromatic carbocycles. The monoisotopic (exact) mass is 295 g/mol. The Hall–Kier alpha value is -0.820. The molecule has 0 aromatic rings. The van der Waals surface area contributed by atoms with E-state index >= 15 is 0 Å². The molecule has 0 aliphatic carbocycles. The molecule has 1 amide bonds. The van der Waals surface area contributed by atoms with E-state index < -0.39 is 16.3 Å². The van der Waals surface area contributed by atoms with Crippen LogP contribution in [-0.2, 0) is 10.2 Å². The summed E-state index contributed by atoms with van der Waals surface area (Å²) in [4.78, 5) is 10.6. The molecular formula is C12H27N2O4S+. The molecule has 0 aliphatic rings. The molecule has 0 aromatic heterocycles. The quantitative estimate of drug-likeness (QED) is 0.478. The van der Waals surface area contributed by atoms with Crippen molar-refractivity contribution in [2.45, 2.75) is 52.9 Å². The van der Waals surface area contributed by atoms with Gasteiger partial charge in [-0.1, -0.05) is 26.2 Å². The van der Waals surface area contributed by atoms with E-state index in [4.69, 9.17) is 5.11 Å². The normalized spacial score (nSPS) is 12.4. The molecule has 0 atom stereocenters. The lowest BCUT2D eigenvalue weighted by Gasteiger charge is -2.34. The van der Waals surface area contributed by atoms with Crippen LogP contribution in [0.5, 0.6) is 0 Å². The third-order valence-electron chi connectivity index (χ3n) is 3.55. The van der Waals surface area contributed by atoms with Gasteiger partial charge < -0.3 is 5.11 Å². The highest BCUT2D eigenvalue weighted by molar-refractivity contribution is 7.84. The number of quaternary nitrogens is 1. The van der Waals surface area contributed by atoms with Gasteiger partial charge in [-0.05, 0) is 26.7 Å². The summed E-state index contributed by atoms with van der Waals surface area (Å²) in [5.41, 5.74) is 0. The van der Waals surface area contributed by atoms with Gasteiger partial charge in [-0.15, -0.1) is 0 Å². The Morgan fingerprint density at radius 2 is 1.58 bits per heavy atom. The molecule has 0 bridgehead atoms. The van der Waals surface area contributed by atoms with Crippen molar-refractivity contribution in [3.8, 4) is 0 Å². The van der Waals surface area contributed by atoms with Gasteiger partial charge in [0, 0.05) is 0 Å². The van der Waals surface area contributed by atoms with Crippen LogP contribution in [-0.4, -0.2) is 43.1 Å². The molecule has 0 saturated carbocycles. The van der Waals surface area contributed by atoms with Crippen molar-refractivity contribution in [3.63, 3.8) is 0 Å². The van der Waals surface area contributed by atoms with Crippen molar-refractivity contribution in [1.29, 1.82) is 0 Å². The van der Waals surface area contributed by atoms with Crippen molar-refractivity contribution in [2.24, 2.45) is 0 Å². The van der Waals surface area contributed by atoms with Crippen molar-refractivity contribution in [2.75, 3.05) is 19.6 Å². The lowest BCUT2D eigenvalue weighted by atomic mass is 10.1. The van der Waals surface area contributed by atoms with E-state index in [0.717, 1.165) is 32.1 Å². The largest absolute Gasteiger partial charge is 0.464 e. The Labute approximate surface area is 116 Å². The van der Waals surface area contributed by atoms with Gasteiger partial charge in [-0.25, -0.2) is 8.68 Å². The molecule has 0 radical (unpaired) electrons. The molecule has 0 unspecified atom stereocenters. The molecule has 0 rings (SSSR count). The van der Waals surface area contributed by atoms with Crippen LogP contribution in [0.4, 0.5) is 4.79 Å². The van der Waals surface area contributed by atoms with Gasteiger partial charge in [-0.3, -0.25) is 0 Å². The average Bonchev–Trinajstić information content (AvgIpc) is 2.32. The van der Waals surface area contributed by atoms with Gasteiger partial charge in [0.1, 0.15) is 0 Å². The van der Waals surface area contributed by atoms with Crippen LogP contribution in [0, 0.1) is 0 Å². The smallest absolute Gasteiger partial charge is 0.422 e. The van der Waals surface area contributed by atoms with Gasteiger partial charge in [0.15, 0.2) is 0 Å². The number of unbranched alkanes of at least 4 members (excludes halogenated alkanes) is 4. The maximum Gasteiger partial charge on any atom is 0.422 e. The molecule has 19 heavy (non-hydrogen) atoms. The Bertz CT molecular complexity index is 364. The van der Waals surface area contributed by atoms with Crippen LogP contribution in [0.1, 0.15) is 52.9 Å². The average molecular weight is 295 g/mol. The molecule has 0 fully saturated rings. The number of carboxylic acid groups (broad SMARTS) is 1. The second-order valence-corrected chi connectivity index (χ2v) is 6.64. The second kappa shape index (κ2) is 8.37. The van der Waals surface area contributed by atoms with Gasteiger partial charge in [0.05, 0.1) is 19.6 Å². The molecule has 0 saturated heterocycles. The summed E-state index contributed by atoms with van der Waals surface area (Å²) in [6.07, 6.45) is 3.64. The third-order valence-corrected chi connectivity index (χ3v) is 5.70. The van der Waals surface area contributed by atoms with Crippen LogP contribution < -0.4 is 4.72 Å². The zero-order chi connectivity index (χ0) is 14.9. The number of hydrogen-bond acceptors (Lipinski definition) is 3. The van der Waals surface area contributed by atoms with Crippen LogP contribution in [0.15, 0.2) is 0 Å². The van der Waals surface area contributed by atoms with Crippen molar-refractivity contribution in [1.82, 2.24) is 4.72 Å². The second-order valence-electron chi connectivity index (χ2n) is 4.71. The lowest BCUT2D eigenvalue weighted by molar-refractivity contribution is -0.803. The first-order chi connectivity index (χ1) is 8.85. The van der Waals surface area contributed by atoms with Gasteiger partial charge in [-0.2, -0.15) is 13.1 Å². The van der Waals surface area contributed by atoms with Crippen LogP contribution >= 0.6 is 0 Å². The highest BCUT2D eigenvalue weighted by Gasteiger charge is 2.39. The summed E-state index contributed by atoms with van der Waals surface area (Å²) in [5, 5.41) is 8.64. The van der Waals surface area contributed by atoms with E-state index in [-0.39, 0.29) is 3.89 Å². The summed E-state index contributed by atoms with van der Waals surface area (Å²) in [5.74, 6) is 0. The molecular weight excluding hydrogens is 268 g/mol. The maximum absolute atomic E-state index is 12.1. The van der Waals surface area contributed by atoms with E-state index in [2.05, 4.69) is 6.92 Å². The molecule has 114 valence electrons. The summed E-state index contributed by atoms with van der Waals surface area (Å²) >= 11 is 0. The van der Waals surface area contributed by atoms with Gasteiger partial charge in [0.25, 0.3) is 0 Å². The summed E-state index contributed by atoms with van der Waals surface area (Å²) in [6, 6.07) is 0. The SMILES string of the molecule is CCCCCCC[N+](CC)(CC)S(=O)(=O)NC(=O)O. The Kier molecular flexibility index (Phi) is 8.01. The molecule has 0 heterocycles. The number of hydrogen-bond donors (Lipinski definition) is 2. The fraction of sp³-hybridized carbons (Fsp3) is 0.917. The first-order valence-electron chi connectivity index (χ1n) is 6.97. The predicted molar refractivity (Wildman–Crippen MR) is 75.0 cm³/mol. The fourth-order valence-corrected chi connectivity index (χ4v) is 3.67. The first-order valence-corrected chi connectivity index (χ1v) is 8.41. The standard InChI is InChI=1S/C12H26N2O4S/c1-4-7-8-9-10-11-14(5-2,6-3)19(17,18)13-12(15)16/h13H,4-11H2,1-3H3/p+1. The van der Waals surface area contributed by atoms with E-state index in [0.29, 0.717) is 19.6 Å². The van der Waals surface area contributed by atoms with Crippen LogP contribution in [0.3, 0.4) is 0 Å². The third kappa shape index (κ3) is 5.36. The minimum Gasteiger partial charge on any atom is -0.464 e. The number of nitrogens with one attached hydrogen (secondary N) is 1.